The van der Waals surface area contributed by atoms with E-state index in [4.69, 9.17) is 0 Å². The number of hydrogen-bond acceptors (Lipinski definition) is 3. The number of hydrogen-bond donors (Lipinski definition) is 2. The standard InChI is InChI=1S/CH3N2O2PS/c2-1(4)3-7-6-5/h(H3,2,3,4). The van der Waals surface area contributed by atoms with Crippen LogP contribution in [0.25, 0.3) is 0 Å². The van der Waals surface area contributed by atoms with Crippen LogP contribution in [0.5, 0.6) is 0 Å². The molecular weight excluding hydrogens is 135 g/mol. The van der Waals surface area contributed by atoms with E-state index in [2.05, 4.69) is 5.73 Å². The molecule has 0 saturated heterocycles. The van der Waals surface area contributed by atoms with Crippen LogP contribution < -0.4 is 10.5 Å². The van der Waals surface area contributed by atoms with Gasteiger partial charge in [-0.25, -0.2) is 4.79 Å². The van der Waals surface area contributed by atoms with Gasteiger partial charge in [-0.1, -0.05) is 0 Å². The van der Waals surface area contributed by atoms with Crippen LogP contribution in [0.3, 0.4) is 0 Å². The second-order valence-electron chi connectivity index (χ2n) is 0.632. The lowest BCUT2D eigenvalue weighted by atomic mass is 11.2. The maximum atomic E-state index is 9.71. The Morgan fingerprint density at radius 3 is 2.57 bits per heavy atom. The first-order valence-electron chi connectivity index (χ1n) is 1.31. The number of carbonyl (C=O) groups is 1. The molecule has 0 aliphatic rings. The third-order valence-corrected chi connectivity index (χ3v) is 1.05. The highest BCUT2D eigenvalue weighted by Gasteiger charge is 1.86. The van der Waals surface area contributed by atoms with Gasteiger partial charge in [0.1, 0.15) is 0 Å². The van der Waals surface area contributed by atoms with Gasteiger partial charge in [0, 0.05) is 0 Å². The fourth-order valence-corrected chi connectivity index (χ4v) is 0.573. The van der Waals surface area contributed by atoms with Gasteiger partial charge in [-0.15, -0.1) is 0 Å². The molecule has 40 valence electrons. The molecule has 0 atom stereocenters. The summed E-state index contributed by atoms with van der Waals surface area (Å²) in [5.74, 6) is 0. The molecule has 0 spiro atoms. The van der Waals surface area contributed by atoms with Gasteiger partial charge in [0.2, 0.25) is 7.66 Å². The molecule has 0 aromatic rings. The molecular formula is CH3N2O2PS. The second kappa shape index (κ2) is 3.89. The smallest absolute Gasteiger partial charge is 0.322 e. The van der Waals surface area contributed by atoms with Gasteiger partial charge < -0.3 is 5.73 Å². The van der Waals surface area contributed by atoms with Gasteiger partial charge >= 0.3 is 6.03 Å². The highest BCUT2D eigenvalue weighted by Crippen LogP contribution is 2.09. The van der Waals surface area contributed by atoms with Crippen molar-refractivity contribution in [2.24, 2.45) is 5.73 Å². The van der Waals surface area contributed by atoms with Gasteiger partial charge in [0.15, 0.2) is 0 Å². The van der Waals surface area contributed by atoms with E-state index in [1.807, 2.05) is 4.72 Å². The van der Waals surface area contributed by atoms with Gasteiger partial charge in [-0.05, 0) is 0 Å². The molecule has 2 amide bonds. The SMILES string of the molecule is NC(=O)NSP=O. The molecule has 3 N–H and O–H groups in total. The van der Waals surface area contributed by atoms with Crippen molar-refractivity contribution in [2.45, 2.75) is 0 Å². The third kappa shape index (κ3) is 5.72. The van der Waals surface area contributed by atoms with E-state index in [-0.39, 0.29) is 7.66 Å². The number of amides is 2. The number of carbonyl (C=O) groups excluding carboxylic acids is 1. The second-order valence-corrected chi connectivity index (χ2v) is 2.16. The Labute approximate surface area is 45.9 Å². The van der Waals surface area contributed by atoms with Crippen molar-refractivity contribution in [1.82, 2.24) is 4.72 Å². The van der Waals surface area contributed by atoms with Crippen LogP contribution in [0.15, 0.2) is 0 Å². The van der Waals surface area contributed by atoms with Crippen LogP contribution in [-0.4, -0.2) is 6.03 Å². The fourth-order valence-electron chi connectivity index (χ4n) is 0.0636. The molecule has 0 unspecified atom stereocenters. The lowest BCUT2D eigenvalue weighted by molar-refractivity contribution is 0.254. The lowest BCUT2D eigenvalue weighted by Crippen LogP contribution is -2.21. The van der Waals surface area contributed by atoms with E-state index in [0.29, 0.717) is 11.6 Å². The zero-order chi connectivity index (χ0) is 5.70. The van der Waals surface area contributed by atoms with Crippen LogP contribution in [0, 0.1) is 0 Å². The van der Waals surface area contributed by atoms with E-state index in [9.17, 15) is 9.36 Å². The highest BCUT2D eigenvalue weighted by molar-refractivity contribution is 8.44. The van der Waals surface area contributed by atoms with Crippen molar-refractivity contribution >= 4 is 25.3 Å². The summed E-state index contributed by atoms with van der Waals surface area (Å²) < 4.78 is 11.5. The Morgan fingerprint density at radius 1 is 1.86 bits per heavy atom. The van der Waals surface area contributed by atoms with Crippen molar-refractivity contribution in [2.75, 3.05) is 0 Å². The molecule has 7 heavy (non-hydrogen) atoms. The van der Waals surface area contributed by atoms with Crippen molar-refractivity contribution in [3.63, 3.8) is 0 Å². The van der Waals surface area contributed by atoms with Crippen LogP contribution in [0.2, 0.25) is 0 Å². The number of rotatable bonds is 2. The van der Waals surface area contributed by atoms with Crippen molar-refractivity contribution in [3.8, 4) is 0 Å². The van der Waals surface area contributed by atoms with E-state index in [0.717, 1.165) is 0 Å². The van der Waals surface area contributed by atoms with Gasteiger partial charge in [-0.2, -0.15) is 0 Å². The molecule has 0 aliphatic heterocycles. The maximum absolute atomic E-state index is 9.71. The monoisotopic (exact) mass is 138 g/mol. The molecule has 0 bridgehead atoms. The molecule has 0 saturated carbocycles. The Kier molecular flexibility index (Phi) is 3.74. The first kappa shape index (κ1) is 6.72. The summed E-state index contributed by atoms with van der Waals surface area (Å²) >= 11 is 0.708. The van der Waals surface area contributed by atoms with Crippen LogP contribution in [0.1, 0.15) is 0 Å². The molecule has 0 aliphatic carbocycles. The average Bonchev–Trinajstić information content (AvgIpc) is 1.61. The predicted molar refractivity (Wildman–Crippen MR) is 27.9 cm³/mol. The first-order chi connectivity index (χ1) is 3.27. The fraction of sp³-hybridized carbons (Fsp3) is 0. The minimum absolute atomic E-state index is 0.205. The molecule has 0 aromatic carbocycles. The lowest BCUT2D eigenvalue weighted by Gasteiger charge is -1.85. The minimum Gasteiger partial charge on any atom is -0.351 e. The zero-order valence-electron chi connectivity index (χ0n) is 3.25. The summed E-state index contributed by atoms with van der Waals surface area (Å²) in [7, 11) is -0.205. The number of primary amides is 1. The summed E-state index contributed by atoms with van der Waals surface area (Å²) in [6.07, 6.45) is 0. The van der Waals surface area contributed by atoms with Gasteiger partial charge in [0.25, 0.3) is 0 Å². The summed E-state index contributed by atoms with van der Waals surface area (Å²) in [4.78, 5) is 9.71. The largest absolute Gasteiger partial charge is 0.351 e. The normalized spacial score (nSPS) is 8.57. The number of nitrogens with two attached hydrogens (primary N) is 1. The third-order valence-electron chi connectivity index (χ3n) is 0.184. The van der Waals surface area contributed by atoms with E-state index in [1.165, 1.54) is 0 Å². The highest BCUT2D eigenvalue weighted by atomic mass is 32.7. The van der Waals surface area contributed by atoms with Crippen LogP contribution in [0.4, 0.5) is 4.79 Å². The Morgan fingerprint density at radius 2 is 2.43 bits per heavy atom. The maximum Gasteiger partial charge on any atom is 0.322 e. The van der Waals surface area contributed by atoms with Crippen molar-refractivity contribution < 1.29 is 9.36 Å². The topological polar surface area (TPSA) is 72.2 Å². The minimum atomic E-state index is -0.687. The quantitative estimate of drug-likeness (QED) is 0.431. The zero-order valence-corrected chi connectivity index (χ0v) is 4.96. The number of urea groups is 1. The predicted octanol–water partition coefficient (Wildman–Crippen LogP) is 0.510. The number of nitrogens with one attached hydrogen (secondary N) is 1. The van der Waals surface area contributed by atoms with Crippen molar-refractivity contribution in [1.29, 1.82) is 0 Å². The Balaban J connectivity index is 2.97. The van der Waals surface area contributed by atoms with E-state index >= 15 is 0 Å². The molecule has 0 heterocycles. The van der Waals surface area contributed by atoms with Crippen LogP contribution in [-0.2, 0) is 4.57 Å². The molecule has 0 radical (unpaired) electrons. The molecule has 6 heteroatoms. The summed E-state index contributed by atoms with van der Waals surface area (Å²) in [6.45, 7) is 0. The Hall–Kier alpha value is -0.280. The molecule has 4 nitrogen and oxygen atoms in total. The Bertz CT molecular complexity index is 85.8. The van der Waals surface area contributed by atoms with E-state index < -0.39 is 6.03 Å². The van der Waals surface area contributed by atoms with Gasteiger partial charge in [0.05, 0.1) is 11.6 Å². The first-order valence-corrected chi connectivity index (χ1v) is 3.55. The van der Waals surface area contributed by atoms with Crippen LogP contribution >= 0.6 is 19.2 Å². The molecule has 0 fully saturated rings. The summed E-state index contributed by atoms with van der Waals surface area (Å²) in [6, 6.07) is -0.687. The summed E-state index contributed by atoms with van der Waals surface area (Å²) in [5, 5.41) is 0. The molecule has 0 aromatic heterocycles. The van der Waals surface area contributed by atoms with Crippen molar-refractivity contribution in [3.05, 3.63) is 0 Å². The summed E-state index contributed by atoms with van der Waals surface area (Å²) in [5.41, 5.74) is 4.56. The molecule has 0 rings (SSSR count). The van der Waals surface area contributed by atoms with E-state index in [1.54, 1.807) is 0 Å². The van der Waals surface area contributed by atoms with Gasteiger partial charge in [-0.3, -0.25) is 9.29 Å². The average molecular weight is 138 g/mol.